The quantitative estimate of drug-likeness (QED) is 0.210. The van der Waals surface area contributed by atoms with Gasteiger partial charge in [-0.2, -0.15) is 0 Å². The molecule has 0 spiro atoms. The molecule has 0 amide bonds. The third-order valence-corrected chi connectivity index (χ3v) is 5.26. The van der Waals surface area contributed by atoms with Crippen molar-refractivity contribution in [1.82, 2.24) is 0 Å². The number of rotatable bonds is 6. The molecule has 0 atom stereocenters. The van der Waals surface area contributed by atoms with E-state index in [0.29, 0.717) is 11.1 Å². The van der Waals surface area contributed by atoms with E-state index in [1.54, 1.807) is 29.6 Å². The summed E-state index contributed by atoms with van der Waals surface area (Å²) in [4.78, 5) is 25.3. The van der Waals surface area contributed by atoms with Crippen molar-refractivity contribution in [2.75, 3.05) is 0 Å². The maximum absolute atomic E-state index is 12.7. The minimum absolute atomic E-state index is 0.381. The minimum atomic E-state index is -0.509. The fraction of sp³-hybridized carbons (Fsp3) is 0. The molecule has 2 nitrogen and oxygen atoms in total. The standard InChI is InChI=1S/C27H18O2S/c28-26(24-14-10-22(11-15-24)20-4-2-1-3-5-20)27(29)25-16-12-23(13-17-25)21-8-6-19(18-30)7-9-21/h1-18H. The molecule has 0 aliphatic rings. The third kappa shape index (κ3) is 4.17. The van der Waals surface area contributed by atoms with Gasteiger partial charge in [0.25, 0.3) is 0 Å². The molecule has 4 rings (SSSR count). The summed E-state index contributed by atoms with van der Waals surface area (Å²) in [6.45, 7) is 0. The summed E-state index contributed by atoms with van der Waals surface area (Å²) in [5.74, 6) is -1.02. The molecule has 0 saturated carbocycles. The molecule has 0 saturated heterocycles. The van der Waals surface area contributed by atoms with Crippen molar-refractivity contribution in [3.8, 4) is 22.3 Å². The summed E-state index contributed by atoms with van der Waals surface area (Å²) in [6.07, 6.45) is 0. The van der Waals surface area contributed by atoms with Crippen molar-refractivity contribution in [3.63, 3.8) is 0 Å². The highest BCUT2D eigenvalue weighted by molar-refractivity contribution is 7.79. The van der Waals surface area contributed by atoms with E-state index < -0.39 is 11.6 Å². The molecular weight excluding hydrogens is 388 g/mol. The zero-order chi connectivity index (χ0) is 20.9. The number of benzene rings is 4. The van der Waals surface area contributed by atoms with Gasteiger partial charge in [-0.3, -0.25) is 9.59 Å². The first-order chi connectivity index (χ1) is 14.7. The lowest BCUT2D eigenvalue weighted by atomic mass is 9.97. The van der Waals surface area contributed by atoms with E-state index in [-0.39, 0.29) is 0 Å². The highest BCUT2D eigenvalue weighted by Crippen LogP contribution is 2.22. The molecule has 0 aliphatic carbocycles. The molecule has 0 aromatic heterocycles. The zero-order valence-electron chi connectivity index (χ0n) is 16.1. The second-order valence-corrected chi connectivity index (χ2v) is 7.15. The van der Waals surface area contributed by atoms with Gasteiger partial charge in [0, 0.05) is 16.5 Å². The molecule has 0 fully saturated rings. The predicted octanol–water partition coefficient (Wildman–Crippen LogP) is 6.43. The number of hydrogen-bond acceptors (Lipinski definition) is 3. The van der Waals surface area contributed by atoms with Crippen molar-refractivity contribution in [1.29, 1.82) is 0 Å². The van der Waals surface area contributed by atoms with Crippen LogP contribution in [0.25, 0.3) is 22.3 Å². The summed E-state index contributed by atoms with van der Waals surface area (Å²) in [5.41, 5.74) is 5.82. The SMILES string of the molecule is O=C(C(=O)c1ccc(-c2ccc(C=S)cc2)cc1)c1ccc(-c2ccccc2)cc1. The summed E-state index contributed by atoms with van der Waals surface area (Å²) in [6, 6.07) is 32.0. The van der Waals surface area contributed by atoms with Crippen LogP contribution in [0, 0.1) is 0 Å². The Kier molecular flexibility index (Phi) is 5.73. The van der Waals surface area contributed by atoms with Crippen LogP contribution in [0.4, 0.5) is 0 Å². The van der Waals surface area contributed by atoms with Gasteiger partial charge in [0.05, 0.1) is 0 Å². The Balaban J connectivity index is 1.51. The smallest absolute Gasteiger partial charge is 0.233 e. The van der Waals surface area contributed by atoms with Crippen LogP contribution in [0.3, 0.4) is 0 Å². The molecule has 3 heteroatoms. The van der Waals surface area contributed by atoms with Gasteiger partial charge >= 0.3 is 0 Å². The number of Topliss-reactive ketones (excluding diaryl/α,β-unsaturated/α-hetero) is 2. The molecule has 0 unspecified atom stereocenters. The van der Waals surface area contributed by atoms with Crippen LogP contribution in [0.5, 0.6) is 0 Å². The maximum Gasteiger partial charge on any atom is 0.233 e. The van der Waals surface area contributed by atoms with Crippen molar-refractivity contribution in [2.45, 2.75) is 0 Å². The normalized spacial score (nSPS) is 10.4. The Bertz CT molecular complexity index is 1190. The number of ketones is 2. The number of carbonyl (C=O) groups is 2. The zero-order valence-corrected chi connectivity index (χ0v) is 16.9. The summed E-state index contributed by atoms with van der Waals surface area (Å²) in [5, 5.41) is 1.63. The van der Waals surface area contributed by atoms with E-state index in [2.05, 4.69) is 0 Å². The minimum Gasteiger partial charge on any atom is -0.285 e. The van der Waals surface area contributed by atoms with Crippen LogP contribution in [0.2, 0.25) is 0 Å². The number of hydrogen-bond donors (Lipinski definition) is 0. The number of carbonyl (C=O) groups excluding carboxylic acids is 2. The molecule has 30 heavy (non-hydrogen) atoms. The van der Waals surface area contributed by atoms with Crippen LogP contribution in [-0.2, 0) is 0 Å². The lowest BCUT2D eigenvalue weighted by Crippen LogP contribution is -2.14. The molecule has 0 radical (unpaired) electrons. The fourth-order valence-electron chi connectivity index (χ4n) is 3.28. The number of thiocarbonyl (C=S) groups is 1. The van der Waals surface area contributed by atoms with Crippen molar-refractivity contribution in [2.24, 2.45) is 0 Å². The molecular formula is C27H18O2S. The molecule has 4 aromatic rings. The molecule has 0 N–H and O–H groups in total. The van der Waals surface area contributed by atoms with Crippen LogP contribution in [0.15, 0.2) is 103 Å². The highest BCUT2D eigenvalue weighted by atomic mass is 32.1. The van der Waals surface area contributed by atoms with Crippen molar-refractivity contribution in [3.05, 3.63) is 120 Å². The Morgan fingerprint density at radius 2 is 0.867 bits per heavy atom. The second-order valence-electron chi connectivity index (χ2n) is 6.92. The second kappa shape index (κ2) is 8.76. The first kappa shape index (κ1) is 19.6. The summed E-state index contributed by atoms with van der Waals surface area (Å²) < 4.78 is 0. The van der Waals surface area contributed by atoms with E-state index in [1.165, 1.54) is 0 Å². The summed E-state index contributed by atoms with van der Waals surface area (Å²) in [7, 11) is 0. The van der Waals surface area contributed by atoms with Gasteiger partial charge in [0.2, 0.25) is 11.6 Å². The predicted molar refractivity (Wildman–Crippen MR) is 125 cm³/mol. The van der Waals surface area contributed by atoms with E-state index in [4.69, 9.17) is 12.2 Å². The first-order valence-electron chi connectivity index (χ1n) is 9.56. The monoisotopic (exact) mass is 406 g/mol. The van der Waals surface area contributed by atoms with Crippen LogP contribution < -0.4 is 0 Å². The van der Waals surface area contributed by atoms with E-state index in [0.717, 1.165) is 27.8 Å². The first-order valence-corrected chi connectivity index (χ1v) is 10.0. The van der Waals surface area contributed by atoms with Crippen LogP contribution >= 0.6 is 12.2 Å². The topological polar surface area (TPSA) is 34.1 Å². The Hall–Kier alpha value is -3.69. The van der Waals surface area contributed by atoms with Crippen LogP contribution in [-0.4, -0.2) is 16.9 Å². The Morgan fingerprint density at radius 1 is 0.500 bits per heavy atom. The van der Waals surface area contributed by atoms with Gasteiger partial charge < -0.3 is 0 Å². The lowest BCUT2D eigenvalue weighted by Gasteiger charge is -2.06. The van der Waals surface area contributed by atoms with Gasteiger partial charge in [-0.05, 0) is 27.8 Å². The highest BCUT2D eigenvalue weighted by Gasteiger charge is 2.18. The van der Waals surface area contributed by atoms with Gasteiger partial charge in [0.15, 0.2) is 0 Å². The summed E-state index contributed by atoms with van der Waals surface area (Å²) >= 11 is 4.93. The third-order valence-electron chi connectivity index (χ3n) is 4.99. The van der Waals surface area contributed by atoms with Gasteiger partial charge in [-0.25, -0.2) is 0 Å². The lowest BCUT2D eigenvalue weighted by molar-refractivity contribution is 0.0817. The largest absolute Gasteiger partial charge is 0.285 e. The average Bonchev–Trinajstić information content (AvgIpc) is 2.84. The Labute approximate surface area is 180 Å². The molecule has 0 aliphatic heterocycles. The maximum atomic E-state index is 12.7. The Morgan fingerprint density at radius 3 is 1.27 bits per heavy atom. The molecule has 0 heterocycles. The molecule has 144 valence electrons. The molecule has 4 aromatic carbocycles. The molecule has 0 bridgehead atoms. The fourth-order valence-corrected chi connectivity index (χ4v) is 3.43. The van der Waals surface area contributed by atoms with Crippen LogP contribution in [0.1, 0.15) is 26.3 Å². The van der Waals surface area contributed by atoms with E-state index in [1.807, 2.05) is 78.9 Å². The van der Waals surface area contributed by atoms with Crippen molar-refractivity contribution < 1.29 is 9.59 Å². The van der Waals surface area contributed by atoms with Crippen molar-refractivity contribution >= 4 is 29.2 Å². The van der Waals surface area contributed by atoms with E-state index >= 15 is 0 Å². The van der Waals surface area contributed by atoms with Gasteiger partial charge in [-0.1, -0.05) is 115 Å². The average molecular weight is 407 g/mol. The van der Waals surface area contributed by atoms with E-state index in [9.17, 15) is 9.59 Å². The van der Waals surface area contributed by atoms with Gasteiger partial charge in [0.1, 0.15) is 0 Å². The van der Waals surface area contributed by atoms with Gasteiger partial charge in [-0.15, -0.1) is 0 Å².